The van der Waals surface area contributed by atoms with E-state index < -0.39 is 181 Å². The molecule has 0 unspecified atom stereocenters. The Kier molecular flexibility index (Phi) is 22.5. The Labute approximate surface area is 672 Å². The maximum atomic E-state index is 15.5. The van der Waals surface area contributed by atoms with E-state index in [1.807, 2.05) is 78.9 Å². The number of para-hydroxylation sites is 6. The number of nitrogens with two attached hydrogens (primary N) is 1. The van der Waals surface area contributed by atoms with Gasteiger partial charge in [0, 0.05) is 57.4 Å². The fraction of sp³-hybridized carbons (Fsp3) is 0.494. The second kappa shape index (κ2) is 32.0. The summed E-state index contributed by atoms with van der Waals surface area (Å²) in [5.74, 6) is -12.4. The van der Waals surface area contributed by atoms with E-state index in [-0.39, 0.29) is 94.3 Å². The number of hydrogen-bond donors (Lipinski definition) is 4. The van der Waals surface area contributed by atoms with E-state index in [1.54, 1.807) is 25.1 Å². The summed E-state index contributed by atoms with van der Waals surface area (Å²) in [5.41, 5.74) is 7.54. The second-order valence-electron chi connectivity index (χ2n) is 31.7. The highest BCUT2D eigenvalue weighted by Crippen LogP contribution is 2.62. The molecule has 9 aromatic rings. The van der Waals surface area contributed by atoms with Gasteiger partial charge >= 0.3 is 0 Å². The average molecular weight is 1680 g/mol. The lowest BCUT2D eigenvalue weighted by atomic mass is 9.89. The van der Waals surface area contributed by atoms with Gasteiger partial charge in [0.1, 0.15) is 34.0 Å². The summed E-state index contributed by atoms with van der Waals surface area (Å²) in [6.45, 7) is 1.44. The molecule has 17 rings (SSSR count). The second-order valence-corrected chi connectivity index (χ2v) is 37.7. The number of halogens is 5. The third-order valence-corrected chi connectivity index (χ3v) is 28.9. The van der Waals surface area contributed by atoms with Crippen molar-refractivity contribution in [1.29, 1.82) is 0 Å². The number of ether oxygens (including phenoxy) is 2. The van der Waals surface area contributed by atoms with E-state index in [0.29, 0.717) is 101 Å². The number of ketones is 2. The molecule has 5 aromatic heterocycles. The molecule has 4 aliphatic carbocycles. The van der Waals surface area contributed by atoms with Crippen molar-refractivity contribution in [2.24, 2.45) is 28.4 Å². The van der Waals surface area contributed by atoms with E-state index in [4.69, 9.17) is 49.6 Å². The number of alkyl halides is 4. The van der Waals surface area contributed by atoms with Crippen LogP contribution < -0.4 is 30.0 Å². The topological polar surface area (TPSA) is 378 Å². The van der Waals surface area contributed by atoms with Crippen LogP contribution in [0.25, 0.3) is 63.9 Å². The number of amides is 5. The standard InChI is InChI=1S/C42H43F2N7O8S2.C37H40F2N6O6S2.ClH/c1-23-17-31(49-59-23)36(53)46-30-12-3-2-8-16-42(43,44)20-24-19-41(24,40(55)50-61(56,57)26-14-15-26)21-33(52)32-18-25(22-51(32)39(30)54)58-37-35(45-27-9-4-5-10-28(27)47-37)38-48-29-11-6-7-13-34(29)60-38;38-37(39)15-7-1-2-8-24(40)34(47)45-20-22(16-28(45)29(46)19-36(17-21(36)18-37)35(48)44-53(49,50)23-13-14-23)51-32-31(41-25-9-3-4-10-26(25)42-32)33-43-27-11-5-6-12-30(27)52-33;/h4-7,9-11,13,17,24-26,30,32H,2-3,8,12,14-16,18-22H2,1H3,(H,46,53)(H,50,55);3-6,9-12,21-24,28H,1-2,7-8,13-20,40H2,(H,44,48);1H/t24-,25+,30-,32-,41+;21-,22+,24-,28-,36+;/m00./s1. The van der Waals surface area contributed by atoms with Crippen LogP contribution in [0.4, 0.5) is 17.6 Å². The van der Waals surface area contributed by atoms with Gasteiger partial charge in [-0.25, -0.2) is 64.3 Å². The van der Waals surface area contributed by atoms with Crippen LogP contribution in [-0.4, -0.2) is 175 Å². The Hall–Kier alpha value is -9.29. The Morgan fingerprint density at radius 2 is 0.957 bits per heavy atom. The maximum Gasteiger partial charge on any atom is 0.274 e. The monoisotopic (exact) mass is 1680 g/mol. The summed E-state index contributed by atoms with van der Waals surface area (Å²) in [6, 6.07) is 26.7. The summed E-state index contributed by atoms with van der Waals surface area (Å²) in [5, 5.41) is 6.14. The number of carbonyl (C=O) groups is 7. The molecule has 8 aliphatic rings. The zero-order valence-electron chi connectivity index (χ0n) is 62.4. The first-order chi connectivity index (χ1) is 54.5. The van der Waals surface area contributed by atoms with Crippen LogP contribution in [0.5, 0.6) is 11.8 Å². The molecule has 36 heteroatoms. The van der Waals surface area contributed by atoms with Crippen molar-refractivity contribution in [1.82, 2.24) is 59.6 Å². The maximum absolute atomic E-state index is 15.5. The minimum absolute atomic E-state index is 0. The van der Waals surface area contributed by atoms with Crippen LogP contribution in [0, 0.1) is 29.6 Å². The van der Waals surface area contributed by atoms with E-state index in [2.05, 4.69) is 19.9 Å². The molecule has 27 nitrogen and oxygen atoms in total. The van der Waals surface area contributed by atoms with Crippen molar-refractivity contribution in [3.8, 4) is 33.2 Å². The van der Waals surface area contributed by atoms with Crippen molar-refractivity contribution >= 4 is 139 Å². The van der Waals surface area contributed by atoms with E-state index in [0.717, 1.165) is 20.4 Å². The highest BCUT2D eigenvalue weighted by Gasteiger charge is 2.66. The van der Waals surface area contributed by atoms with Gasteiger partial charge in [-0.15, -0.1) is 35.1 Å². The minimum atomic E-state index is -4.07. The number of rotatable bonds is 14. The Balaban J connectivity index is 0.000000181. The fourth-order valence-corrected chi connectivity index (χ4v) is 21.1. The zero-order chi connectivity index (χ0) is 79.8. The first kappa shape index (κ1) is 80.9. The predicted octanol–water partition coefficient (Wildman–Crippen LogP) is 11.5. The van der Waals surface area contributed by atoms with Crippen LogP contribution in [0.2, 0.25) is 0 Å². The van der Waals surface area contributed by atoms with Gasteiger partial charge < -0.3 is 34.8 Å². The van der Waals surface area contributed by atoms with Crippen LogP contribution in [0.15, 0.2) is 108 Å². The Bertz CT molecular complexity index is 5490. The van der Waals surface area contributed by atoms with Crippen LogP contribution in [0.3, 0.4) is 0 Å². The molecule has 0 bridgehead atoms. The molecule has 8 fully saturated rings. The molecule has 0 spiro atoms. The highest BCUT2D eigenvalue weighted by atomic mass is 35.5. The van der Waals surface area contributed by atoms with Gasteiger partial charge in [-0.05, 0) is 131 Å². The lowest BCUT2D eigenvalue weighted by Gasteiger charge is -2.29. The number of sulfonamides is 2. The quantitative estimate of drug-likeness (QED) is 0.0735. The van der Waals surface area contributed by atoms with Crippen molar-refractivity contribution in [2.75, 3.05) is 13.1 Å². The molecule has 0 radical (unpaired) electrons. The predicted molar refractivity (Wildman–Crippen MR) is 419 cm³/mol. The summed E-state index contributed by atoms with van der Waals surface area (Å²) in [7, 11) is -8.08. The third-order valence-electron chi connectivity index (χ3n) is 23.2. The van der Waals surface area contributed by atoms with Gasteiger partial charge in [0.15, 0.2) is 28.6 Å². The molecule has 9 heterocycles. The lowest BCUT2D eigenvalue weighted by Crippen LogP contribution is -2.52. The van der Waals surface area contributed by atoms with E-state index in [9.17, 15) is 50.4 Å². The molecule has 4 saturated heterocycles. The number of aromatic nitrogens is 7. The summed E-state index contributed by atoms with van der Waals surface area (Å²) in [4.78, 5) is 130. The van der Waals surface area contributed by atoms with Crippen molar-refractivity contribution in [2.45, 2.75) is 207 Å². The number of fused-ring (bicyclic) bond motifs is 8. The molecule has 5 N–H and O–H groups in total. The Morgan fingerprint density at radius 3 is 1.38 bits per heavy atom. The molecule has 10 atom stereocenters. The molecule has 115 heavy (non-hydrogen) atoms. The van der Waals surface area contributed by atoms with Crippen molar-refractivity contribution in [3.05, 3.63) is 115 Å². The molecule has 4 aliphatic heterocycles. The first-order valence-corrected chi connectivity index (χ1v) is 43.4. The summed E-state index contributed by atoms with van der Waals surface area (Å²) >= 11 is 2.82. The van der Waals surface area contributed by atoms with E-state index in [1.165, 1.54) is 38.5 Å². The van der Waals surface area contributed by atoms with Gasteiger partial charge in [-0.2, -0.15) is 0 Å². The number of nitrogens with one attached hydrogen (secondary N) is 3. The highest BCUT2D eigenvalue weighted by molar-refractivity contribution is 7.91. The fourth-order valence-electron chi connectivity index (χ4n) is 16.5. The SMILES string of the molecule is Cc1cc(C(=O)N[C@H]2CCCCCC(F)(F)C[C@@H]3C[C@@]3(C(=O)NS(=O)(=O)C3CC3)CC(=O)[C@@H]3C[C@@H](Oc4nc5ccccc5nc4-c4nc5ccccc5s4)CN3C2=O)no1.Cl.N[C@H]1CCCCCC(F)(F)C[C@@H]2C[C@@]2(C(=O)NS(=O)(=O)C2CC2)CC(=O)[C@@H]2C[C@@H](Oc3nc4ccccc4nc3-c3nc4ccccc4s3)CN2C1=O. The summed E-state index contributed by atoms with van der Waals surface area (Å²) in [6.07, 6.45) is -1.55. The first-order valence-electron chi connectivity index (χ1n) is 38.6. The lowest BCUT2D eigenvalue weighted by molar-refractivity contribution is -0.140. The molecule has 4 aromatic carbocycles. The average Bonchev–Trinajstić information content (AvgIpc) is 1.57. The van der Waals surface area contributed by atoms with Crippen LogP contribution in [-0.2, 0) is 48.8 Å². The molecule has 608 valence electrons. The number of hydrogen-bond acceptors (Lipinski definition) is 24. The largest absolute Gasteiger partial charge is 0.471 e. The number of carbonyl (C=O) groups excluding carboxylic acids is 7. The Morgan fingerprint density at radius 1 is 0.539 bits per heavy atom. The van der Waals surface area contributed by atoms with Crippen LogP contribution >= 0.6 is 35.1 Å². The van der Waals surface area contributed by atoms with Gasteiger partial charge in [0.2, 0.25) is 67.3 Å². The number of Topliss-reactive ketones (excluding diaryl/α,β-unsaturated/α-hetero) is 2. The number of aryl methyl sites for hydroxylation is 1. The third kappa shape index (κ3) is 17.4. The zero-order valence-corrected chi connectivity index (χ0v) is 66.5. The normalized spacial score (nSPS) is 26.7. The summed E-state index contributed by atoms with van der Waals surface area (Å²) < 4.78 is 137. The molecule has 4 saturated carbocycles. The molecular weight excluding hydrogens is 1590 g/mol. The smallest absolute Gasteiger partial charge is 0.274 e. The molecular formula is C79H84ClF4N13O14S4. The number of thiazole rings is 2. The van der Waals surface area contributed by atoms with Crippen molar-refractivity contribution < 1.29 is 82.0 Å². The minimum Gasteiger partial charge on any atom is -0.471 e. The van der Waals surface area contributed by atoms with Crippen LogP contribution in [0.1, 0.15) is 158 Å². The van der Waals surface area contributed by atoms with Gasteiger partial charge in [-0.1, -0.05) is 79.4 Å². The van der Waals surface area contributed by atoms with E-state index >= 15 is 17.6 Å². The van der Waals surface area contributed by atoms with Gasteiger partial charge in [0.05, 0.1) is 95.0 Å². The van der Waals surface area contributed by atoms with Gasteiger partial charge in [0.25, 0.3) is 5.91 Å². The van der Waals surface area contributed by atoms with Gasteiger partial charge in [-0.3, -0.25) is 43.0 Å². The van der Waals surface area contributed by atoms with Crippen molar-refractivity contribution in [3.63, 3.8) is 0 Å². The molecule has 5 amide bonds. The number of nitrogens with zero attached hydrogens (tertiary/aromatic N) is 9. The number of benzene rings is 4.